The third kappa shape index (κ3) is 2.45. The van der Waals surface area contributed by atoms with E-state index in [1.807, 2.05) is 0 Å². The van der Waals surface area contributed by atoms with Crippen LogP contribution in [0, 0.1) is 16.7 Å². The first kappa shape index (κ1) is 12.4. The number of hydrogen-bond acceptors (Lipinski definition) is 3. The van der Waals surface area contributed by atoms with Gasteiger partial charge in [0.05, 0.1) is 6.07 Å². The zero-order valence-corrected chi connectivity index (χ0v) is 10.1. The maximum absolute atomic E-state index is 12.2. The number of carbonyl (C=O) groups is 1. The van der Waals surface area contributed by atoms with Crippen LogP contribution in [0.3, 0.4) is 0 Å². The smallest absolute Gasteiger partial charge is 0.244 e. The van der Waals surface area contributed by atoms with Gasteiger partial charge in [0.25, 0.3) is 0 Å². The van der Waals surface area contributed by atoms with Gasteiger partial charge < -0.3 is 10.4 Å². The van der Waals surface area contributed by atoms with Crippen LogP contribution in [0.2, 0.25) is 0 Å². The van der Waals surface area contributed by atoms with E-state index in [0.717, 1.165) is 19.3 Å². The predicted molar refractivity (Wildman–Crippen MR) is 67.9 cm³/mol. The number of amides is 1. The summed E-state index contributed by atoms with van der Waals surface area (Å²) in [7, 11) is 0. The van der Waals surface area contributed by atoms with Crippen molar-refractivity contribution in [3.05, 3.63) is 24.3 Å². The lowest BCUT2D eigenvalue weighted by Gasteiger charge is -2.29. The topological polar surface area (TPSA) is 73.1 Å². The molecule has 0 radical (unpaired) electrons. The number of nitrogens with one attached hydrogen (secondary N) is 1. The number of rotatable bonds is 2. The molecule has 4 heteroatoms. The molecule has 1 aromatic rings. The van der Waals surface area contributed by atoms with Gasteiger partial charge in [0.1, 0.15) is 11.2 Å². The predicted octanol–water partition coefficient (Wildman–Crippen LogP) is 2.80. The van der Waals surface area contributed by atoms with Gasteiger partial charge in [-0.2, -0.15) is 5.26 Å². The summed E-state index contributed by atoms with van der Waals surface area (Å²) in [4.78, 5) is 12.2. The number of anilines is 1. The largest absolute Gasteiger partial charge is 0.508 e. The minimum atomic E-state index is -0.879. The third-order valence-corrected chi connectivity index (χ3v) is 3.48. The number of nitriles is 1. The maximum Gasteiger partial charge on any atom is 0.244 e. The van der Waals surface area contributed by atoms with Crippen LogP contribution < -0.4 is 5.32 Å². The molecule has 0 atom stereocenters. The molecule has 0 aliphatic heterocycles. The van der Waals surface area contributed by atoms with E-state index >= 15 is 0 Å². The molecule has 1 aliphatic carbocycles. The number of hydrogen-bond donors (Lipinski definition) is 2. The first-order chi connectivity index (χ1) is 8.66. The lowest BCUT2D eigenvalue weighted by Crippen LogP contribution is -2.36. The molecule has 1 aromatic carbocycles. The van der Waals surface area contributed by atoms with Crippen LogP contribution in [-0.2, 0) is 4.79 Å². The van der Waals surface area contributed by atoms with Crippen molar-refractivity contribution in [1.82, 2.24) is 0 Å². The highest BCUT2D eigenvalue weighted by atomic mass is 16.3. The van der Waals surface area contributed by atoms with Gasteiger partial charge in [-0.15, -0.1) is 0 Å². The molecule has 1 amide bonds. The van der Waals surface area contributed by atoms with Gasteiger partial charge in [-0.1, -0.05) is 19.3 Å². The monoisotopic (exact) mass is 244 g/mol. The summed E-state index contributed by atoms with van der Waals surface area (Å²) in [6, 6.07) is 8.46. The van der Waals surface area contributed by atoms with E-state index in [-0.39, 0.29) is 11.7 Å². The van der Waals surface area contributed by atoms with Crippen molar-refractivity contribution in [3.8, 4) is 11.8 Å². The summed E-state index contributed by atoms with van der Waals surface area (Å²) in [6.07, 6.45) is 4.21. The molecule has 1 aliphatic rings. The van der Waals surface area contributed by atoms with Gasteiger partial charge in [-0.25, -0.2) is 0 Å². The van der Waals surface area contributed by atoms with E-state index in [0.29, 0.717) is 18.5 Å². The molecule has 0 heterocycles. The number of aromatic hydroxyl groups is 1. The molecule has 94 valence electrons. The number of phenolic OH excluding ortho intramolecular Hbond substituents is 1. The van der Waals surface area contributed by atoms with Crippen molar-refractivity contribution in [2.24, 2.45) is 5.41 Å². The van der Waals surface area contributed by atoms with Gasteiger partial charge in [-0.3, -0.25) is 4.79 Å². The minimum Gasteiger partial charge on any atom is -0.508 e. The second-order valence-corrected chi connectivity index (χ2v) is 4.76. The Balaban J connectivity index is 2.11. The molecular weight excluding hydrogens is 228 g/mol. The van der Waals surface area contributed by atoms with Crippen molar-refractivity contribution in [2.75, 3.05) is 5.32 Å². The van der Waals surface area contributed by atoms with Crippen LogP contribution in [0.5, 0.6) is 5.75 Å². The fourth-order valence-corrected chi connectivity index (χ4v) is 2.34. The average Bonchev–Trinajstić information content (AvgIpc) is 2.42. The summed E-state index contributed by atoms with van der Waals surface area (Å²) in [6.45, 7) is 0. The van der Waals surface area contributed by atoms with E-state index < -0.39 is 5.41 Å². The molecule has 1 saturated carbocycles. The normalized spacial score (nSPS) is 17.7. The Morgan fingerprint density at radius 3 is 2.39 bits per heavy atom. The minimum absolute atomic E-state index is 0.153. The molecule has 0 spiro atoms. The number of benzene rings is 1. The van der Waals surface area contributed by atoms with E-state index in [1.165, 1.54) is 12.1 Å². The van der Waals surface area contributed by atoms with Gasteiger partial charge in [0, 0.05) is 5.69 Å². The Labute approximate surface area is 106 Å². The first-order valence-corrected chi connectivity index (χ1v) is 6.18. The fraction of sp³-hybridized carbons (Fsp3) is 0.429. The lowest BCUT2D eigenvalue weighted by atomic mass is 9.74. The Bertz CT molecular complexity index is 468. The van der Waals surface area contributed by atoms with E-state index in [4.69, 9.17) is 0 Å². The van der Waals surface area contributed by atoms with Gasteiger partial charge in [0.15, 0.2) is 0 Å². The standard InChI is InChI=1S/C14H16N2O2/c15-10-14(8-2-1-3-9-14)13(18)16-11-4-6-12(17)7-5-11/h4-7,17H,1-3,8-9H2,(H,16,18). The van der Waals surface area contributed by atoms with Gasteiger partial charge >= 0.3 is 0 Å². The number of phenols is 1. The molecule has 2 N–H and O–H groups in total. The molecule has 0 bridgehead atoms. The molecular formula is C14H16N2O2. The molecule has 1 fully saturated rings. The Morgan fingerprint density at radius 2 is 1.83 bits per heavy atom. The summed E-state index contributed by atoms with van der Waals surface area (Å²) in [5.74, 6) is -0.0731. The maximum atomic E-state index is 12.2. The van der Waals surface area contributed by atoms with Crippen molar-refractivity contribution in [3.63, 3.8) is 0 Å². The summed E-state index contributed by atoms with van der Waals surface area (Å²) < 4.78 is 0. The second-order valence-electron chi connectivity index (χ2n) is 4.76. The quantitative estimate of drug-likeness (QED) is 0.785. The highest BCUT2D eigenvalue weighted by Crippen LogP contribution is 2.36. The molecule has 0 unspecified atom stereocenters. The molecule has 4 nitrogen and oxygen atoms in total. The van der Waals surface area contributed by atoms with Crippen LogP contribution in [0.25, 0.3) is 0 Å². The number of nitrogens with zero attached hydrogens (tertiary/aromatic N) is 1. The zero-order valence-electron chi connectivity index (χ0n) is 10.1. The van der Waals surface area contributed by atoms with E-state index in [9.17, 15) is 15.2 Å². The Hall–Kier alpha value is -2.02. The van der Waals surface area contributed by atoms with Gasteiger partial charge in [-0.05, 0) is 37.1 Å². The molecule has 0 saturated heterocycles. The van der Waals surface area contributed by atoms with Crippen LogP contribution in [0.4, 0.5) is 5.69 Å². The molecule has 2 rings (SSSR count). The van der Waals surface area contributed by atoms with Crippen LogP contribution in [-0.4, -0.2) is 11.0 Å². The summed E-state index contributed by atoms with van der Waals surface area (Å²) >= 11 is 0. The highest BCUT2D eigenvalue weighted by Gasteiger charge is 2.39. The van der Waals surface area contributed by atoms with Crippen molar-refractivity contribution >= 4 is 11.6 Å². The molecule has 0 aromatic heterocycles. The van der Waals surface area contributed by atoms with Crippen molar-refractivity contribution < 1.29 is 9.90 Å². The van der Waals surface area contributed by atoms with Crippen LogP contribution >= 0.6 is 0 Å². The second kappa shape index (κ2) is 5.09. The van der Waals surface area contributed by atoms with Crippen LogP contribution in [0.1, 0.15) is 32.1 Å². The SMILES string of the molecule is N#CC1(C(=O)Nc2ccc(O)cc2)CCCCC1. The van der Waals surface area contributed by atoms with Crippen molar-refractivity contribution in [1.29, 1.82) is 5.26 Å². The summed E-state index contributed by atoms with van der Waals surface area (Å²) in [5.41, 5.74) is -0.270. The van der Waals surface area contributed by atoms with Crippen LogP contribution in [0.15, 0.2) is 24.3 Å². The third-order valence-electron chi connectivity index (χ3n) is 3.48. The van der Waals surface area contributed by atoms with E-state index in [2.05, 4.69) is 11.4 Å². The lowest BCUT2D eigenvalue weighted by molar-refractivity contribution is -0.124. The average molecular weight is 244 g/mol. The Morgan fingerprint density at radius 1 is 1.22 bits per heavy atom. The summed E-state index contributed by atoms with van der Waals surface area (Å²) in [5, 5.41) is 21.2. The van der Waals surface area contributed by atoms with Gasteiger partial charge in [0.2, 0.25) is 5.91 Å². The Kier molecular flexibility index (Phi) is 3.52. The first-order valence-electron chi connectivity index (χ1n) is 6.18. The van der Waals surface area contributed by atoms with E-state index in [1.54, 1.807) is 12.1 Å². The number of carbonyl (C=O) groups excluding carboxylic acids is 1. The highest BCUT2D eigenvalue weighted by molar-refractivity contribution is 5.97. The fourth-order valence-electron chi connectivity index (χ4n) is 2.34. The van der Waals surface area contributed by atoms with Crippen molar-refractivity contribution in [2.45, 2.75) is 32.1 Å². The molecule has 18 heavy (non-hydrogen) atoms. The zero-order chi connectivity index (χ0) is 13.0.